The molecular formula is C40H46N2O7. The number of hydrogen-bond donors (Lipinski definition) is 2. The first-order valence-electron chi connectivity index (χ1n) is 16.8. The molecule has 9 heteroatoms. The van der Waals surface area contributed by atoms with Crippen LogP contribution < -0.4 is 9.47 Å². The van der Waals surface area contributed by atoms with Crippen LogP contribution in [0.15, 0.2) is 97.1 Å². The molecule has 49 heavy (non-hydrogen) atoms. The first-order chi connectivity index (χ1) is 23.7. The average Bonchev–Trinajstić information content (AvgIpc) is 3.43. The van der Waals surface area contributed by atoms with Gasteiger partial charge in [0.1, 0.15) is 23.7 Å². The molecule has 2 N–H and O–H groups in total. The van der Waals surface area contributed by atoms with Crippen molar-refractivity contribution < 1.29 is 34.0 Å². The van der Waals surface area contributed by atoms with E-state index in [-0.39, 0.29) is 19.2 Å². The van der Waals surface area contributed by atoms with Gasteiger partial charge in [0.2, 0.25) is 0 Å². The molecular weight excluding hydrogens is 620 g/mol. The number of rotatable bonds is 12. The number of ether oxygens (including phenoxy) is 4. The molecule has 2 heterocycles. The molecule has 2 amide bonds. The van der Waals surface area contributed by atoms with Crippen molar-refractivity contribution in [3.05, 3.63) is 130 Å². The van der Waals surface area contributed by atoms with E-state index >= 15 is 4.79 Å². The number of methoxy groups -OCH3 is 2. The predicted molar refractivity (Wildman–Crippen MR) is 186 cm³/mol. The third-order valence-electron chi connectivity index (χ3n) is 9.49. The maximum atomic E-state index is 15.3. The zero-order valence-electron chi connectivity index (χ0n) is 28.6. The molecule has 258 valence electrons. The molecule has 4 atom stereocenters. The number of carbonyl (C=O) groups excluding carboxylic acids is 1. The van der Waals surface area contributed by atoms with Crippen LogP contribution in [0.4, 0.5) is 4.79 Å². The third kappa shape index (κ3) is 7.92. The highest BCUT2D eigenvalue weighted by molar-refractivity contribution is 5.76. The molecule has 0 radical (unpaired) electrons. The molecule has 0 bridgehead atoms. The summed E-state index contributed by atoms with van der Waals surface area (Å²) in [6.07, 6.45) is 0.116. The molecule has 6 rings (SSSR count). The van der Waals surface area contributed by atoms with Gasteiger partial charge in [-0.2, -0.15) is 0 Å². The second-order valence-corrected chi connectivity index (χ2v) is 13.3. The highest BCUT2D eigenvalue weighted by Crippen LogP contribution is 2.41. The van der Waals surface area contributed by atoms with Crippen LogP contribution in [0.1, 0.15) is 47.2 Å². The molecule has 0 aromatic heterocycles. The lowest BCUT2D eigenvalue weighted by Crippen LogP contribution is -2.51. The number of urea groups is 1. The average molecular weight is 667 g/mol. The number of aliphatic hydroxyl groups is 2. The summed E-state index contributed by atoms with van der Waals surface area (Å²) in [6, 6.07) is 30.4. The molecule has 0 saturated carbocycles. The summed E-state index contributed by atoms with van der Waals surface area (Å²) in [5, 5.41) is 19.4. The van der Waals surface area contributed by atoms with Crippen molar-refractivity contribution in [1.29, 1.82) is 0 Å². The molecule has 4 aromatic carbocycles. The predicted octanol–water partition coefficient (Wildman–Crippen LogP) is 5.87. The van der Waals surface area contributed by atoms with Gasteiger partial charge >= 0.3 is 6.03 Å². The minimum atomic E-state index is -0.891. The van der Waals surface area contributed by atoms with Crippen LogP contribution in [0.5, 0.6) is 11.5 Å². The molecule has 0 unspecified atom stereocenters. The number of nitrogens with zero attached hydrogens (tertiary/aromatic N) is 2. The summed E-state index contributed by atoms with van der Waals surface area (Å²) in [4.78, 5) is 19.1. The minimum absolute atomic E-state index is 0.0554. The lowest BCUT2D eigenvalue weighted by Gasteiger charge is -2.37. The van der Waals surface area contributed by atoms with Crippen molar-refractivity contribution in [2.24, 2.45) is 0 Å². The van der Waals surface area contributed by atoms with Crippen LogP contribution in [-0.4, -0.2) is 70.3 Å². The Labute approximate surface area is 288 Å². The quantitative estimate of drug-likeness (QED) is 0.195. The van der Waals surface area contributed by atoms with E-state index in [4.69, 9.17) is 18.9 Å². The van der Waals surface area contributed by atoms with Crippen LogP contribution in [0, 0.1) is 0 Å². The zero-order valence-corrected chi connectivity index (χ0v) is 28.6. The molecule has 0 aliphatic carbocycles. The van der Waals surface area contributed by atoms with E-state index in [1.165, 1.54) is 0 Å². The van der Waals surface area contributed by atoms with Gasteiger partial charge in [0.05, 0.1) is 39.5 Å². The van der Waals surface area contributed by atoms with Crippen molar-refractivity contribution in [2.75, 3.05) is 14.2 Å². The van der Waals surface area contributed by atoms with E-state index in [2.05, 4.69) is 12.1 Å². The van der Waals surface area contributed by atoms with E-state index in [1.807, 2.05) is 109 Å². The summed E-state index contributed by atoms with van der Waals surface area (Å²) < 4.78 is 24.7. The van der Waals surface area contributed by atoms with E-state index < -0.39 is 30.1 Å². The minimum Gasteiger partial charge on any atom is -0.497 e. The number of hydrogen-bond acceptors (Lipinski definition) is 7. The SMILES string of the molecule is COc1cccc(C[C@@H]2[C@@H]3OC(C)(C)O[C@H]3[C@@H](Cc3cccc(OC)c3)N(Cc3ccc(CO)cc3)C(=O)N2Cc2ccc(CO)cc2)c1. The Morgan fingerprint density at radius 3 is 1.37 bits per heavy atom. The van der Waals surface area contributed by atoms with Gasteiger partial charge in [-0.3, -0.25) is 0 Å². The highest BCUT2D eigenvalue weighted by atomic mass is 16.8. The third-order valence-corrected chi connectivity index (χ3v) is 9.49. The fraction of sp³-hybridized carbons (Fsp3) is 0.375. The number of carbonyl (C=O) groups is 1. The van der Waals surface area contributed by atoms with Gasteiger partial charge in [0.25, 0.3) is 0 Å². The van der Waals surface area contributed by atoms with Crippen molar-refractivity contribution >= 4 is 6.03 Å². The van der Waals surface area contributed by atoms with Crippen LogP contribution in [0.3, 0.4) is 0 Å². The maximum absolute atomic E-state index is 15.3. The largest absolute Gasteiger partial charge is 0.497 e. The summed E-state index contributed by atoms with van der Waals surface area (Å²) in [5.74, 6) is 0.596. The molecule has 2 saturated heterocycles. The van der Waals surface area contributed by atoms with E-state index in [1.54, 1.807) is 14.2 Å². The Kier molecular flexibility index (Phi) is 10.6. The van der Waals surface area contributed by atoms with Gasteiger partial charge in [0, 0.05) is 13.1 Å². The molecule has 2 fully saturated rings. The normalized spacial score (nSPS) is 21.7. The molecule has 4 aromatic rings. The summed E-state index contributed by atoms with van der Waals surface area (Å²) in [6.45, 7) is 4.42. The van der Waals surface area contributed by atoms with Crippen molar-refractivity contribution in [3.8, 4) is 11.5 Å². The smallest absolute Gasteiger partial charge is 0.321 e. The Balaban J connectivity index is 1.49. The Morgan fingerprint density at radius 1 is 0.612 bits per heavy atom. The second-order valence-electron chi connectivity index (χ2n) is 13.3. The number of amides is 2. The van der Waals surface area contributed by atoms with Crippen LogP contribution in [0.25, 0.3) is 0 Å². The first-order valence-corrected chi connectivity index (χ1v) is 16.8. The van der Waals surface area contributed by atoms with E-state index in [0.717, 1.165) is 44.9 Å². The fourth-order valence-electron chi connectivity index (χ4n) is 7.01. The lowest BCUT2D eigenvalue weighted by molar-refractivity contribution is -0.157. The number of fused-ring (bicyclic) bond motifs is 1. The van der Waals surface area contributed by atoms with Gasteiger partial charge in [0.15, 0.2) is 5.79 Å². The number of benzene rings is 4. The highest BCUT2D eigenvalue weighted by Gasteiger charge is 2.55. The summed E-state index contributed by atoms with van der Waals surface area (Å²) in [7, 11) is 3.30. The first kappa shape index (κ1) is 34.5. The van der Waals surface area contributed by atoms with Crippen molar-refractivity contribution in [1.82, 2.24) is 9.80 Å². The van der Waals surface area contributed by atoms with Gasteiger partial charge in [-0.15, -0.1) is 0 Å². The second kappa shape index (κ2) is 15.0. The van der Waals surface area contributed by atoms with Crippen molar-refractivity contribution in [3.63, 3.8) is 0 Å². The van der Waals surface area contributed by atoms with Gasteiger partial charge < -0.3 is 39.0 Å². The topological polar surface area (TPSA) is 101 Å². The Bertz CT molecular complexity index is 1590. The van der Waals surface area contributed by atoms with Gasteiger partial charge in [-0.25, -0.2) is 4.79 Å². The lowest BCUT2D eigenvalue weighted by atomic mass is 9.90. The molecule has 2 aliphatic heterocycles. The van der Waals surface area contributed by atoms with Gasteiger partial charge in [-0.1, -0.05) is 72.8 Å². The maximum Gasteiger partial charge on any atom is 0.321 e. The fourth-order valence-corrected chi connectivity index (χ4v) is 7.01. The molecule has 9 nitrogen and oxygen atoms in total. The van der Waals surface area contributed by atoms with Crippen molar-refractivity contribution in [2.45, 2.75) is 83.1 Å². The molecule has 2 aliphatic rings. The standard InChI is InChI=1S/C40H46N2O7/c1-40(2)48-37-35(21-31-7-5-9-33(19-31)46-3)41(23-27-11-15-29(25-43)16-12-27)39(45)42(24-28-13-17-30(26-44)18-14-28)36(38(37)49-40)22-32-8-6-10-34(20-32)47-4/h5-20,35-38,43-44H,21-26H2,1-4H3/t35-,36-,37+,38+/m1/s1. The van der Waals surface area contributed by atoms with Crippen LogP contribution in [0.2, 0.25) is 0 Å². The summed E-state index contributed by atoms with van der Waals surface area (Å²) >= 11 is 0. The van der Waals surface area contributed by atoms with E-state index in [0.29, 0.717) is 25.9 Å². The summed E-state index contributed by atoms with van der Waals surface area (Å²) in [5.41, 5.74) is 5.52. The van der Waals surface area contributed by atoms with Gasteiger partial charge in [-0.05, 0) is 84.3 Å². The Morgan fingerprint density at radius 2 is 1.00 bits per heavy atom. The molecule has 0 spiro atoms. The van der Waals surface area contributed by atoms with E-state index in [9.17, 15) is 10.2 Å². The Hall–Kier alpha value is -4.41. The zero-order chi connectivity index (χ0) is 34.5. The van der Waals surface area contributed by atoms with Crippen LogP contribution >= 0.6 is 0 Å². The monoisotopic (exact) mass is 666 g/mol. The number of aliphatic hydroxyl groups excluding tert-OH is 2. The van der Waals surface area contributed by atoms with Crippen LogP contribution in [-0.2, 0) is 48.6 Å².